The minimum atomic E-state index is -1.12. The molecule has 0 atom stereocenters. The molecule has 15 nitrogen and oxygen atoms in total. The Labute approximate surface area is 333 Å². The molecule has 3 aromatic carbocycles. The Bertz CT molecular complexity index is 2280. The number of rotatable bonds is 18. The smallest absolute Gasteiger partial charge is 0.341 e. The molecule has 58 heavy (non-hydrogen) atoms. The number of benzene rings is 4. The van der Waals surface area contributed by atoms with Crippen molar-refractivity contribution < 1.29 is 48.0 Å². The number of amides is 3. The first kappa shape index (κ1) is 41.1. The van der Waals surface area contributed by atoms with Crippen molar-refractivity contribution in [3.8, 4) is 33.9 Å². The number of hydrogen-bond acceptors (Lipinski definition) is 11. The van der Waals surface area contributed by atoms with Crippen LogP contribution in [0.2, 0.25) is 0 Å². The molecule has 302 valence electrons. The van der Waals surface area contributed by atoms with Gasteiger partial charge in [0.25, 0.3) is 5.91 Å². The number of aromatic hydroxyl groups is 1. The minimum Gasteiger partial charge on any atom is -0.508 e. The van der Waals surface area contributed by atoms with Crippen LogP contribution in [0.25, 0.3) is 39.5 Å². The second-order valence-corrected chi connectivity index (χ2v) is 13.4. The Morgan fingerprint density at radius 2 is 1.52 bits per heavy atom. The molecule has 3 aliphatic rings. The van der Waals surface area contributed by atoms with Gasteiger partial charge in [0, 0.05) is 79.6 Å². The van der Waals surface area contributed by atoms with E-state index in [2.05, 4.69) is 10.6 Å². The zero-order valence-corrected chi connectivity index (χ0v) is 31.7. The van der Waals surface area contributed by atoms with Gasteiger partial charge in [-0.2, -0.15) is 0 Å². The highest BCUT2D eigenvalue weighted by atomic mass is 16.5. The number of piperazine rings is 1. The summed E-state index contributed by atoms with van der Waals surface area (Å²) in [6.07, 6.45) is 3.06. The number of ether oxygens (including phenoxy) is 3. The topological polar surface area (TPSA) is 197 Å². The van der Waals surface area contributed by atoms with Crippen molar-refractivity contribution in [2.75, 3.05) is 78.8 Å². The Morgan fingerprint density at radius 3 is 2.26 bits per heavy atom. The second kappa shape index (κ2) is 20.0. The van der Waals surface area contributed by atoms with E-state index in [9.17, 15) is 29.1 Å². The lowest BCUT2D eigenvalue weighted by Gasteiger charge is -2.34. The number of phenolic OH excluding ortho intramolecular Hbond substituents is 1. The fourth-order valence-corrected chi connectivity index (χ4v) is 6.45. The molecule has 3 amide bonds. The molecule has 0 radical (unpaired) electrons. The predicted octanol–water partition coefficient (Wildman–Crippen LogP) is 3.47. The lowest BCUT2D eigenvalue weighted by molar-refractivity contribution is -0.139. The molecule has 1 saturated heterocycles. The van der Waals surface area contributed by atoms with E-state index < -0.39 is 12.6 Å². The van der Waals surface area contributed by atoms with Crippen LogP contribution in [0, 0.1) is 0 Å². The van der Waals surface area contributed by atoms with Crippen molar-refractivity contribution in [3.05, 3.63) is 112 Å². The maximum Gasteiger partial charge on any atom is 0.341 e. The summed E-state index contributed by atoms with van der Waals surface area (Å²) in [5.41, 5.74) is 3.34. The number of aliphatic carboxylic acids is 1. The van der Waals surface area contributed by atoms with Gasteiger partial charge in [-0.05, 0) is 59.7 Å². The van der Waals surface area contributed by atoms with Crippen LogP contribution >= 0.6 is 0 Å². The van der Waals surface area contributed by atoms with Crippen molar-refractivity contribution in [2.45, 2.75) is 0 Å². The first-order valence-electron chi connectivity index (χ1n) is 18.8. The van der Waals surface area contributed by atoms with Gasteiger partial charge in [-0.3, -0.25) is 24.1 Å². The molecule has 2 aliphatic heterocycles. The minimum absolute atomic E-state index is 0.147. The number of fused-ring (bicyclic) bond motifs is 2. The lowest BCUT2D eigenvalue weighted by Crippen LogP contribution is -2.51. The molecule has 3 aromatic rings. The molecule has 0 aromatic heterocycles. The first-order chi connectivity index (χ1) is 28.1. The van der Waals surface area contributed by atoms with Gasteiger partial charge in [0.2, 0.25) is 11.8 Å². The van der Waals surface area contributed by atoms with Gasteiger partial charge in [0.1, 0.15) is 22.8 Å². The van der Waals surface area contributed by atoms with Gasteiger partial charge in [-0.15, -0.1) is 0 Å². The van der Waals surface area contributed by atoms with E-state index in [-0.39, 0.29) is 41.2 Å². The molecular weight excluding hydrogens is 748 g/mol. The van der Waals surface area contributed by atoms with Gasteiger partial charge in [0.05, 0.1) is 33.0 Å². The molecule has 6 rings (SSSR count). The van der Waals surface area contributed by atoms with Crippen LogP contribution in [0.1, 0.15) is 15.9 Å². The van der Waals surface area contributed by atoms with E-state index in [1.807, 2.05) is 17.0 Å². The van der Waals surface area contributed by atoms with E-state index >= 15 is 0 Å². The van der Waals surface area contributed by atoms with Crippen LogP contribution in [0.4, 0.5) is 0 Å². The highest BCUT2D eigenvalue weighted by Gasteiger charge is 2.27. The summed E-state index contributed by atoms with van der Waals surface area (Å²) in [4.78, 5) is 65.8. The normalized spacial score (nSPS) is 13.2. The molecule has 15 heteroatoms. The molecule has 0 unspecified atom stereocenters. The average molecular weight is 793 g/mol. The number of carbonyl (C=O) groups is 4. The van der Waals surface area contributed by atoms with Crippen molar-refractivity contribution in [2.24, 2.45) is 0 Å². The summed E-state index contributed by atoms with van der Waals surface area (Å²) in [7, 11) is 0. The highest BCUT2D eigenvalue weighted by Crippen LogP contribution is 2.42. The van der Waals surface area contributed by atoms with Gasteiger partial charge in [-0.1, -0.05) is 30.3 Å². The Balaban J connectivity index is 0.933. The standard InChI is InChI=1S/C43H44N4O11/c48-30-8-5-29(6-9-30)7-14-39(50)44-15-21-55-23-24-56-22-16-45-40(51)27-46-17-19-47(20-18-46)43(54)34-4-2-1-3-33(34)42-35-12-10-31(49)25-37(35)58-38-26-32(11-13-36(38)42)57-28-41(52)53/h1-14,25-26,48H,15-24,27-28H2,(H,44,50)(H,45,51)(H,52,53)/b14-7+. The molecule has 1 fully saturated rings. The highest BCUT2D eigenvalue weighted by molar-refractivity contribution is 6.09. The van der Waals surface area contributed by atoms with E-state index in [1.165, 1.54) is 18.2 Å². The number of phenols is 1. The maximum absolute atomic E-state index is 14.1. The van der Waals surface area contributed by atoms with Crippen LogP contribution in [-0.4, -0.2) is 123 Å². The molecule has 0 saturated carbocycles. The second-order valence-electron chi connectivity index (χ2n) is 13.4. The van der Waals surface area contributed by atoms with Crippen molar-refractivity contribution in [1.29, 1.82) is 0 Å². The molecule has 2 heterocycles. The maximum atomic E-state index is 14.1. The third-order valence-electron chi connectivity index (χ3n) is 9.29. The van der Waals surface area contributed by atoms with Gasteiger partial charge < -0.3 is 44.4 Å². The van der Waals surface area contributed by atoms with E-state index in [1.54, 1.807) is 71.6 Å². The van der Waals surface area contributed by atoms with Crippen molar-refractivity contribution >= 4 is 40.7 Å². The Hall–Kier alpha value is -6.55. The molecule has 4 N–H and O–H groups in total. The zero-order chi connectivity index (χ0) is 40.9. The number of carbonyl (C=O) groups excluding carboxylic acids is 3. The average Bonchev–Trinajstić information content (AvgIpc) is 3.22. The van der Waals surface area contributed by atoms with Crippen LogP contribution in [-0.2, 0) is 23.9 Å². The predicted molar refractivity (Wildman–Crippen MR) is 215 cm³/mol. The van der Waals surface area contributed by atoms with Crippen LogP contribution in [0.15, 0.2) is 100 Å². The van der Waals surface area contributed by atoms with Gasteiger partial charge in [0.15, 0.2) is 12.0 Å². The van der Waals surface area contributed by atoms with Crippen LogP contribution < -0.4 is 20.8 Å². The number of carboxylic acid groups (broad SMARTS) is 1. The summed E-state index contributed by atoms with van der Waals surface area (Å²) in [6, 6.07) is 23.2. The third-order valence-corrected chi connectivity index (χ3v) is 9.29. The van der Waals surface area contributed by atoms with E-state index in [0.717, 1.165) is 5.56 Å². The Kier molecular flexibility index (Phi) is 14.2. The van der Waals surface area contributed by atoms with E-state index in [0.29, 0.717) is 105 Å². The summed E-state index contributed by atoms with van der Waals surface area (Å²) >= 11 is 0. The monoisotopic (exact) mass is 792 g/mol. The molecule has 1 aliphatic carbocycles. The molecular formula is C43H44N4O11. The summed E-state index contributed by atoms with van der Waals surface area (Å²) in [5.74, 6) is -0.945. The van der Waals surface area contributed by atoms with E-state index in [4.69, 9.17) is 23.7 Å². The molecule has 0 bridgehead atoms. The number of hydrogen-bond donors (Lipinski definition) is 4. The zero-order valence-electron chi connectivity index (χ0n) is 31.7. The number of nitrogens with one attached hydrogen (secondary N) is 2. The fraction of sp³-hybridized carbons (Fsp3) is 0.279. The number of nitrogens with zero attached hydrogens (tertiary/aromatic N) is 2. The lowest BCUT2D eigenvalue weighted by atomic mass is 9.90. The van der Waals surface area contributed by atoms with Crippen LogP contribution in [0.3, 0.4) is 0 Å². The summed E-state index contributed by atoms with van der Waals surface area (Å²) in [5, 5.41) is 24.6. The van der Waals surface area contributed by atoms with Gasteiger partial charge >= 0.3 is 5.97 Å². The fourth-order valence-electron chi connectivity index (χ4n) is 6.45. The quantitative estimate of drug-likeness (QED) is 0.0574. The van der Waals surface area contributed by atoms with Crippen molar-refractivity contribution in [1.82, 2.24) is 20.4 Å². The largest absolute Gasteiger partial charge is 0.508 e. The summed E-state index contributed by atoms with van der Waals surface area (Å²) in [6.45, 7) is 3.47. The summed E-state index contributed by atoms with van der Waals surface area (Å²) < 4.78 is 22.5. The SMILES string of the molecule is O=C(O)COc1ccc2c(-c3ccccc3C(=O)N3CCN(CC(=O)NCCOCCOCCNC(=O)/C=C/c4ccc(O)cc4)CC3)c3ccc(=O)cc-3oc2c1. The van der Waals surface area contributed by atoms with Gasteiger partial charge in [-0.25, -0.2) is 4.79 Å². The first-order valence-corrected chi connectivity index (χ1v) is 18.8. The van der Waals surface area contributed by atoms with Crippen LogP contribution in [0.5, 0.6) is 11.5 Å². The molecule has 0 spiro atoms. The third kappa shape index (κ3) is 11.3. The van der Waals surface area contributed by atoms with Crippen molar-refractivity contribution in [3.63, 3.8) is 0 Å². The number of carboxylic acids is 1. The Morgan fingerprint density at radius 1 is 0.793 bits per heavy atom.